The van der Waals surface area contributed by atoms with Crippen molar-refractivity contribution in [1.82, 2.24) is 10.2 Å². The Kier molecular flexibility index (Phi) is 3.61. The van der Waals surface area contributed by atoms with E-state index in [4.69, 9.17) is 5.73 Å². The Labute approximate surface area is 101 Å². The topological polar surface area (TPSA) is 61.6 Å². The fraction of sp³-hybridized carbons (Fsp3) is 0.417. The molecule has 1 unspecified atom stereocenters. The Hall–Kier alpha value is -1.59. The first-order valence-electron chi connectivity index (χ1n) is 5.75. The van der Waals surface area contributed by atoms with Crippen LogP contribution >= 0.6 is 0 Å². The highest BCUT2D eigenvalue weighted by atomic mass is 16.2. The third-order valence-electron chi connectivity index (χ3n) is 3.05. The maximum atomic E-state index is 11.6. The molecule has 1 fully saturated rings. The number of para-hydroxylation sites is 1. The van der Waals surface area contributed by atoms with Crippen LogP contribution in [0.5, 0.6) is 0 Å². The van der Waals surface area contributed by atoms with Gasteiger partial charge in [0.1, 0.15) is 6.17 Å². The van der Waals surface area contributed by atoms with Crippen LogP contribution in [-0.2, 0) is 0 Å². The van der Waals surface area contributed by atoms with E-state index in [2.05, 4.69) is 10.2 Å². The van der Waals surface area contributed by atoms with E-state index in [1.165, 1.54) is 0 Å². The van der Waals surface area contributed by atoms with Crippen molar-refractivity contribution in [3.05, 3.63) is 30.3 Å². The van der Waals surface area contributed by atoms with E-state index >= 15 is 0 Å². The van der Waals surface area contributed by atoms with Crippen molar-refractivity contribution in [3.8, 4) is 0 Å². The number of rotatable bonds is 2. The van der Waals surface area contributed by atoms with E-state index in [1.807, 2.05) is 37.4 Å². The minimum atomic E-state index is -0.420. The molecule has 92 valence electrons. The van der Waals surface area contributed by atoms with Crippen molar-refractivity contribution < 1.29 is 4.79 Å². The fourth-order valence-corrected chi connectivity index (χ4v) is 2.11. The molecule has 5 nitrogen and oxygen atoms in total. The average molecular weight is 234 g/mol. The summed E-state index contributed by atoms with van der Waals surface area (Å²) in [4.78, 5) is 15.4. The van der Waals surface area contributed by atoms with Crippen molar-refractivity contribution in [1.29, 1.82) is 0 Å². The predicted octanol–water partition coefficient (Wildman–Crippen LogP) is 0.433. The molecule has 0 bridgehead atoms. The molecule has 0 spiro atoms. The van der Waals surface area contributed by atoms with Crippen LogP contribution in [-0.4, -0.2) is 43.8 Å². The molecule has 2 rings (SSSR count). The fourth-order valence-electron chi connectivity index (χ4n) is 2.11. The molecule has 1 heterocycles. The van der Waals surface area contributed by atoms with Crippen LogP contribution in [0.4, 0.5) is 10.5 Å². The molecule has 0 saturated carbocycles. The second-order valence-electron chi connectivity index (χ2n) is 4.21. The highest BCUT2D eigenvalue weighted by Crippen LogP contribution is 2.18. The number of amides is 2. The Morgan fingerprint density at radius 2 is 2.18 bits per heavy atom. The van der Waals surface area contributed by atoms with Crippen molar-refractivity contribution in [2.75, 3.05) is 31.6 Å². The standard InChI is InChI=1S/C12H18N4O/c1-15-8-7-14-9-11(15)16(12(13)17)10-5-3-2-4-6-10/h2-6,11,14H,7-9H2,1H3,(H2,13,17). The zero-order chi connectivity index (χ0) is 12.3. The number of hydrogen-bond acceptors (Lipinski definition) is 3. The molecule has 17 heavy (non-hydrogen) atoms. The highest BCUT2D eigenvalue weighted by molar-refractivity contribution is 5.91. The molecule has 1 atom stereocenters. The molecule has 1 aromatic carbocycles. The summed E-state index contributed by atoms with van der Waals surface area (Å²) in [5.74, 6) is 0. The average Bonchev–Trinajstić information content (AvgIpc) is 2.33. The summed E-state index contributed by atoms with van der Waals surface area (Å²) in [6.45, 7) is 2.57. The zero-order valence-electron chi connectivity index (χ0n) is 9.97. The van der Waals surface area contributed by atoms with Gasteiger partial charge in [0, 0.05) is 25.3 Å². The first-order chi connectivity index (χ1) is 8.20. The van der Waals surface area contributed by atoms with Crippen LogP contribution in [0.3, 0.4) is 0 Å². The summed E-state index contributed by atoms with van der Waals surface area (Å²) in [6, 6.07) is 9.10. The first kappa shape index (κ1) is 11.9. The van der Waals surface area contributed by atoms with E-state index in [-0.39, 0.29) is 6.17 Å². The second-order valence-corrected chi connectivity index (χ2v) is 4.21. The summed E-state index contributed by atoms with van der Waals surface area (Å²) < 4.78 is 0. The Bertz CT molecular complexity index is 381. The predicted molar refractivity (Wildman–Crippen MR) is 67.8 cm³/mol. The maximum absolute atomic E-state index is 11.6. The largest absolute Gasteiger partial charge is 0.351 e. The van der Waals surface area contributed by atoms with Crippen molar-refractivity contribution in [2.45, 2.75) is 6.17 Å². The van der Waals surface area contributed by atoms with Gasteiger partial charge in [0.25, 0.3) is 0 Å². The van der Waals surface area contributed by atoms with Crippen LogP contribution in [0.15, 0.2) is 30.3 Å². The van der Waals surface area contributed by atoms with Gasteiger partial charge in [-0.15, -0.1) is 0 Å². The lowest BCUT2D eigenvalue weighted by Gasteiger charge is -2.40. The van der Waals surface area contributed by atoms with Crippen LogP contribution in [0, 0.1) is 0 Å². The van der Waals surface area contributed by atoms with Crippen LogP contribution in [0.2, 0.25) is 0 Å². The van der Waals surface area contributed by atoms with Gasteiger partial charge >= 0.3 is 6.03 Å². The van der Waals surface area contributed by atoms with Crippen LogP contribution in [0.1, 0.15) is 0 Å². The molecular formula is C12H18N4O. The highest BCUT2D eigenvalue weighted by Gasteiger charge is 2.28. The number of nitrogens with zero attached hydrogens (tertiary/aromatic N) is 2. The molecule has 2 amide bonds. The molecule has 1 aliphatic rings. The number of benzene rings is 1. The molecule has 3 N–H and O–H groups in total. The van der Waals surface area contributed by atoms with Gasteiger partial charge in [-0.05, 0) is 19.2 Å². The van der Waals surface area contributed by atoms with Crippen LogP contribution in [0.25, 0.3) is 0 Å². The molecule has 5 heteroatoms. The van der Waals surface area contributed by atoms with Gasteiger partial charge in [0.2, 0.25) is 0 Å². The SMILES string of the molecule is CN1CCNCC1N(C(N)=O)c1ccccc1. The quantitative estimate of drug-likeness (QED) is 0.780. The summed E-state index contributed by atoms with van der Waals surface area (Å²) in [6.07, 6.45) is -0.0244. The van der Waals surface area contributed by atoms with Crippen molar-refractivity contribution in [3.63, 3.8) is 0 Å². The Balaban J connectivity index is 2.26. The van der Waals surface area contributed by atoms with Gasteiger partial charge in [-0.2, -0.15) is 0 Å². The molecule has 0 aliphatic carbocycles. The second kappa shape index (κ2) is 5.16. The number of nitrogens with two attached hydrogens (primary N) is 1. The van der Waals surface area contributed by atoms with E-state index in [0.717, 1.165) is 25.3 Å². The molecule has 0 radical (unpaired) electrons. The number of likely N-dealkylation sites (N-methyl/N-ethyl adjacent to an activating group) is 1. The number of anilines is 1. The van der Waals surface area contributed by atoms with Gasteiger partial charge in [-0.1, -0.05) is 18.2 Å². The summed E-state index contributed by atoms with van der Waals surface area (Å²) in [5.41, 5.74) is 6.33. The summed E-state index contributed by atoms with van der Waals surface area (Å²) >= 11 is 0. The summed E-state index contributed by atoms with van der Waals surface area (Å²) in [5, 5.41) is 3.28. The normalized spacial score (nSPS) is 21.1. The lowest BCUT2D eigenvalue weighted by Crippen LogP contribution is -2.60. The number of nitrogens with one attached hydrogen (secondary N) is 1. The van der Waals surface area contributed by atoms with Crippen molar-refractivity contribution in [2.24, 2.45) is 5.73 Å². The Morgan fingerprint density at radius 1 is 1.47 bits per heavy atom. The maximum Gasteiger partial charge on any atom is 0.320 e. The van der Waals surface area contributed by atoms with Crippen LogP contribution < -0.4 is 16.0 Å². The number of primary amides is 1. The van der Waals surface area contributed by atoms with Gasteiger partial charge in [0.05, 0.1) is 0 Å². The van der Waals surface area contributed by atoms with E-state index in [9.17, 15) is 4.79 Å². The third-order valence-corrected chi connectivity index (χ3v) is 3.05. The van der Waals surface area contributed by atoms with E-state index < -0.39 is 6.03 Å². The lowest BCUT2D eigenvalue weighted by atomic mass is 10.2. The number of hydrogen-bond donors (Lipinski definition) is 2. The minimum absolute atomic E-state index is 0.0244. The molecule has 0 aromatic heterocycles. The van der Waals surface area contributed by atoms with Gasteiger partial charge in [-0.3, -0.25) is 9.80 Å². The number of carbonyl (C=O) groups is 1. The van der Waals surface area contributed by atoms with Gasteiger partial charge in [-0.25, -0.2) is 4.79 Å². The minimum Gasteiger partial charge on any atom is -0.351 e. The monoisotopic (exact) mass is 234 g/mol. The third kappa shape index (κ3) is 2.57. The molecule has 1 saturated heterocycles. The van der Waals surface area contributed by atoms with Gasteiger partial charge in [0.15, 0.2) is 0 Å². The molecular weight excluding hydrogens is 216 g/mol. The smallest absolute Gasteiger partial charge is 0.320 e. The van der Waals surface area contributed by atoms with Gasteiger partial charge < -0.3 is 11.1 Å². The lowest BCUT2D eigenvalue weighted by molar-refractivity contribution is 0.190. The number of urea groups is 1. The van der Waals surface area contributed by atoms with E-state index in [0.29, 0.717) is 0 Å². The molecule has 1 aromatic rings. The first-order valence-corrected chi connectivity index (χ1v) is 5.75. The Morgan fingerprint density at radius 3 is 2.76 bits per heavy atom. The number of carbonyl (C=O) groups excluding carboxylic acids is 1. The summed E-state index contributed by atoms with van der Waals surface area (Å²) in [7, 11) is 2.00. The number of piperazine rings is 1. The van der Waals surface area contributed by atoms with Crippen molar-refractivity contribution >= 4 is 11.7 Å². The molecule has 1 aliphatic heterocycles. The zero-order valence-corrected chi connectivity index (χ0v) is 9.97. The van der Waals surface area contributed by atoms with E-state index in [1.54, 1.807) is 4.90 Å².